The van der Waals surface area contributed by atoms with Crippen molar-refractivity contribution in [2.24, 2.45) is 0 Å². The molecule has 32 heavy (non-hydrogen) atoms. The Morgan fingerprint density at radius 1 is 1.19 bits per heavy atom. The van der Waals surface area contributed by atoms with E-state index in [4.69, 9.17) is 12.2 Å². The second-order valence-electron chi connectivity index (χ2n) is 8.06. The van der Waals surface area contributed by atoms with Crippen LogP contribution in [0.1, 0.15) is 49.8 Å². The minimum atomic E-state index is -0.340. The quantitative estimate of drug-likeness (QED) is 0.514. The van der Waals surface area contributed by atoms with Crippen LogP contribution >= 0.6 is 12.2 Å². The normalized spacial score (nSPS) is 18.1. The van der Waals surface area contributed by atoms with Crippen molar-refractivity contribution in [2.45, 2.75) is 38.4 Å². The molecule has 1 aliphatic rings. The van der Waals surface area contributed by atoms with Crippen molar-refractivity contribution in [3.05, 3.63) is 84.2 Å². The van der Waals surface area contributed by atoms with Crippen LogP contribution in [0.4, 0.5) is 10.1 Å². The average molecular weight is 452 g/mol. The van der Waals surface area contributed by atoms with Crippen molar-refractivity contribution in [3.8, 4) is 0 Å². The second-order valence-corrected chi connectivity index (χ2v) is 8.45. The fraction of sp³-hybridized carbons (Fsp3) is 0.292. The van der Waals surface area contributed by atoms with Gasteiger partial charge >= 0.3 is 0 Å². The van der Waals surface area contributed by atoms with E-state index in [-0.39, 0.29) is 36.3 Å². The van der Waals surface area contributed by atoms with Gasteiger partial charge in [-0.25, -0.2) is 4.39 Å². The summed E-state index contributed by atoms with van der Waals surface area (Å²) in [4.78, 5) is 19.2. The summed E-state index contributed by atoms with van der Waals surface area (Å²) in [5.74, 6) is -0.494. The van der Waals surface area contributed by atoms with E-state index in [2.05, 4.69) is 51.2 Å². The molecule has 0 spiro atoms. The van der Waals surface area contributed by atoms with Gasteiger partial charge < -0.3 is 20.1 Å². The summed E-state index contributed by atoms with van der Waals surface area (Å²) in [7, 11) is 0. The Bertz CT molecular complexity index is 1080. The first-order chi connectivity index (χ1) is 15.4. The van der Waals surface area contributed by atoms with Crippen molar-refractivity contribution in [2.75, 3.05) is 11.9 Å². The van der Waals surface area contributed by atoms with Crippen LogP contribution in [-0.2, 0) is 4.79 Å². The minimum Gasteiger partial charge on any atom is -0.352 e. The Morgan fingerprint density at radius 3 is 2.66 bits per heavy atom. The lowest BCUT2D eigenvalue weighted by Gasteiger charge is -2.29. The number of halogens is 1. The van der Waals surface area contributed by atoms with Crippen molar-refractivity contribution >= 4 is 28.9 Å². The highest BCUT2D eigenvalue weighted by molar-refractivity contribution is 7.80. The number of anilines is 1. The molecule has 1 amide bonds. The fourth-order valence-corrected chi connectivity index (χ4v) is 4.41. The molecule has 8 heteroatoms. The standard InChI is InChI=1S/C24H26FN5OS/c1-16(2)29-14-5-7-20(29)23-22(19-6-3-4-13-26-19)28-24(32)30(23)15-12-21(31)27-18-10-8-17(25)9-11-18/h3-11,13-14,16,22-23H,12,15H2,1-2H3,(H,27,31)(H,28,32)/t22-,23-/m0/s1. The van der Waals surface area contributed by atoms with Gasteiger partial charge in [-0.1, -0.05) is 6.07 Å². The van der Waals surface area contributed by atoms with Gasteiger partial charge in [0.2, 0.25) is 5.91 Å². The molecule has 3 heterocycles. The predicted octanol–water partition coefficient (Wildman–Crippen LogP) is 4.60. The molecule has 0 saturated carbocycles. The topological polar surface area (TPSA) is 62.2 Å². The average Bonchev–Trinajstić information content (AvgIpc) is 3.39. The van der Waals surface area contributed by atoms with E-state index >= 15 is 0 Å². The number of carbonyl (C=O) groups is 1. The SMILES string of the molecule is CC(C)n1cccc1[C@H]1[C@H](c2ccccn2)NC(=S)N1CCC(=O)Nc1ccc(F)cc1. The van der Waals surface area contributed by atoms with E-state index in [0.29, 0.717) is 17.3 Å². The summed E-state index contributed by atoms with van der Waals surface area (Å²) in [6, 6.07) is 15.8. The fourth-order valence-electron chi connectivity index (χ4n) is 4.07. The summed E-state index contributed by atoms with van der Waals surface area (Å²) >= 11 is 5.68. The van der Waals surface area contributed by atoms with Gasteiger partial charge in [0.1, 0.15) is 5.82 Å². The van der Waals surface area contributed by atoms with Gasteiger partial charge in [0, 0.05) is 42.8 Å². The number of thiocarbonyl (C=S) groups is 1. The third-order valence-corrected chi connectivity index (χ3v) is 5.93. The van der Waals surface area contributed by atoms with Crippen molar-refractivity contribution in [1.82, 2.24) is 19.8 Å². The largest absolute Gasteiger partial charge is 0.352 e. The number of rotatable bonds is 7. The number of hydrogen-bond acceptors (Lipinski definition) is 3. The third-order valence-electron chi connectivity index (χ3n) is 5.58. The first-order valence-corrected chi connectivity index (χ1v) is 11.0. The van der Waals surface area contributed by atoms with Crippen LogP contribution in [0.15, 0.2) is 67.0 Å². The second kappa shape index (κ2) is 9.48. The molecule has 3 aromatic rings. The molecule has 0 bridgehead atoms. The van der Waals surface area contributed by atoms with Gasteiger partial charge in [-0.2, -0.15) is 0 Å². The molecule has 2 N–H and O–H groups in total. The van der Waals surface area contributed by atoms with Gasteiger partial charge in [-0.3, -0.25) is 9.78 Å². The Hall–Kier alpha value is -3.26. The molecule has 4 rings (SSSR count). The molecule has 1 fully saturated rings. The zero-order chi connectivity index (χ0) is 22.7. The van der Waals surface area contributed by atoms with Crippen molar-refractivity contribution in [1.29, 1.82) is 0 Å². The molecule has 0 aliphatic carbocycles. The molecule has 0 unspecified atom stereocenters. The maximum Gasteiger partial charge on any atom is 0.226 e. The van der Waals surface area contributed by atoms with Crippen LogP contribution in [0.5, 0.6) is 0 Å². The summed E-state index contributed by atoms with van der Waals surface area (Å²) in [5, 5.41) is 6.82. The van der Waals surface area contributed by atoms with E-state index < -0.39 is 0 Å². The predicted molar refractivity (Wildman–Crippen MR) is 127 cm³/mol. The molecule has 1 aliphatic heterocycles. The summed E-state index contributed by atoms with van der Waals surface area (Å²) < 4.78 is 15.3. The monoisotopic (exact) mass is 451 g/mol. The van der Waals surface area contributed by atoms with Crippen LogP contribution in [0.2, 0.25) is 0 Å². The number of hydrogen-bond donors (Lipinski definition) is 2. The Kier molecular flexibility index (Phi) is 6.50. The number of nitrogens with zero attached hydrogens (tertiary/aromatic N) is 3. The highest BCUT2D eigenvalue weighted by Gasteiger charge is 2.41. The van der Waals surface area contributed by atoms with Crippen LogP contribution in [0, 0.1) is 5.82 Å². The third kappa shape index (κ3) is 4.65. The van der Waals surface area contributed by atoms with Crippen molar-refractivity contribution in [3.63, 3.8) is 0 Å². The Morgan fingerprint density at radius 2 is 1.97 bits per heavy atom. The molecular weight excluding hydrogens is 425 g/mol. The Balaban J connectivity index is 1.56. The summed E-state index contributed by atoms with van der Waals surface area (Å²) in [6.45, 7) is 4.72. The highest BCUT2D eigenvalue weighted by Crippen LogP contribution is 2.39. The lowest BCUT2D eigenvalue weighted by Crippen LogP contribution is -2.33. The van der Waals surface area contributed by atoms with E-state index in [1.165, 1.54) is 12.1 Å². The van der Waals surface area contributed by atoms with Gasteiger partial charge in [0.15, 0.2) is 5.11 Å². The lowest BCUT2D eigenvalue weighted by atomic mass is 10.0. The lowest BCUT2D eigenvalue weighted by molar-refractivity contribution is -0.116. The number of nitrogens with one attached hydrogen (secondary N) is 2. The molecule has 1 saturated heterocycles. The van der Waals surface area contributed by atoms with E-state index in [0.717, 1.165) is 11.4 Å². The first-order valence-electron chi connectivity index (χ1n) is 10.6. The van der Waals surface area contributed by atoms with Crippen LogP contribution in [0.25, 0.3) is 0 Å². The smallest absolute Gasteiger partial charge is 0.226 e. The minimum absolute atomic E-state index is 0.103. The summed E-state index contributed by atoms with van der Waals surface area (Å²) in [5.41, 5.74) is 2.58. The van der Waals surface area contributed by atoms with Gasteiger partial charge in [0.25, 0.3) is 0 Å². The maximum absolute atomic E-state index is 13.1. The van der Waals surface area contributed by atoms with E-state index in [1.807, 2.05) is 24.3 Å². The van der Waals surface area contributed by atoms with Crippen LogP contribution in [0.3, 0.4) is 0 Å². The molecule has 2 aromatic heterocycles. The van der Waals surface area contributed by atoms with Gasteiger partial charge in [-0.05, 0) is 74.6 Å². The zero-order valence-corrected chi connectivity index (χ0v) is 18.8. The maximum atomic E-state index is 13.1. The first kappa shape index (κ1) is 22.0. The molecule has 1 aromatic carbocycles. The zero-order valence-electron chi connectivity index (χ0n) is 18.0. The van der Waals surface area contributed by atoms with E-state index in [1.54, 1.807) is 18.3 Å². The molecular formula is C24H26FN5OS. The van der Waals surface area contributed by atoms with Crippen LogP contribution in [-0.4, -0.2) is 32.0 Å². The number of aromatic nitrogens is 2. The van der Waals surface area contributed by atoms with E-state index in [9.17, 15) is 9.18 Å². The van der Waals surface area contributed by atoms with Crippen molar-refractivity contribution < 1.29 is 9.18 Å². The molecule has 2 atom stereocenters. The number of benzene rings is 1. The summed E-state index contributed by atoms with van der Waals surface area (Å²) in [6.07, 6.45) is 4.08. The Labute approximate surface area is 192 Å². The molecule has 166 valence electrons. The number of pyridine rings is 1. The van der Waals surface area contributed by atoms with Gasteiger partial charge in [-0.15, -0.1) is 0 Å². The molecule has 0 radical (unpaired) electrons. The molecule has 6 nitrogen and oxygen atoms in total. The number of carbonyl (C=O) groups excluding carboxylic acids is 1. The van der Waals surface area contributed by atoms with Gasteiger partial charge in [0.05, 0.1) is 17.8 Å². The number of amides is 1. The highest BCUT2D eigenvalue weighted by atomic mass is 32.1. The van der Waals surface area contributed by atoms with Crippen LogP contribution < -0.4 is 10.6 Å².